The van der Waals surface area contributed by atoms with E-state index in [1.807, 2.05) is 6.08 Å². The van der Waals surface area contributed by atoms with Crippen LogP contribution in [0.25, 0.3) is 0 Å². The molecule has 2 atom stereocenters. The maximum Gasteiger partial charge on any atom is 0.0710 e. The van der Waals surface area contributed by atoms with E-state index in [2.05, 4.69) is 20.8 Å². The Hall–Kier alpha value is -0.340. The second-order valence-electron chi connectivity index (χ2n) is 4.02. The van der Waals surface area contributed by atoms with Gasteiger partial charge < -0.3 is 9.84 Å². The molecule has 0 aliphatic carbocycles. The lowest BCUT2D eigenvalue weighted by molar-refractivity contribution is -0.0314. The Morgan fingerprint density at radius 2 is 2.14 bits per heavy atom. The summed E-state index contributed by atoms with van der Waals surface area (Å²) >= 11 is 0. The predicted molar refractivity (Wildman–Crippen MR) is 60.3 cm³/mol. The van der Waals surface area contributed by atoms with Crippen molar-refractivity contribution in [2.24, 2.45) is 5.92 Å². The first kappa shape index (κ1) is 13.7. The number of ether oxygens (including phenoxy) is 1. The van der Waals surface area contributed by atoms with Crippen LogP contribution in [-0.2, 0) is 4.74 Å². The molecule has 84 valence electrons. The molecule has 0 aromatic heterocycles. The van der Waals surface area contributed by atoms with Crippen molar-refractivity contribution < 1.29 is 9.84 Å². The van der Waals surface area contributed by atoms with E-state index >= 15 is 0 Å². The van der Waals surface area contributed by atoms with Crippen LogP contribution in [-0.4, -0.2) is 24.4 Å². The van der Waals surface area contributed by atoms with E-state index in [-0.39, 0.29) is 12.2 Å². The molecule has 0 saturated carbocycles. The van der Waals surface area contributed by atoms with E-state index in [9.17, 15) is 0 Å². The van der Waals surface area contributed by atoms with Crippen molar-refractivity contribution in [3.63, 3.8) is 0 Å². The molecule has 14 heavy (non-hydrogen) atoms. The highest BCUT2D eigenvalue weighted by atomic mass is 16.5. The van der Waals surface area contributed by atoms with Crippen LogP contribution in [0, 0.1) is 5.92 Å². The summed E-state index contributed by atoms with van der Waals surface area (Å²) in [5.41, 5.74) is -0.0956. The van der Waals surface area contributed by atoms with Crippen molar-refractivity contribution in [3.8, 4) is 0 Å². The quantitative estimate of drug-likeness (QED) is 0.640. The first-order chi connectivity index (χ1) is 6.60. The smallest absolute Gasteiger partial charge is 0.0710 e. The van der Waals surface area contributed by atoms with Gasteiger partial charge in [-0.05, 0) is 13.3 Å². The molecule has 0 amide bonds. The van der Waals surface area contributed by atoms with E-state index in [4.69, 9.17) is 9.84 Å². The highest BCUT2D eigenvalue weighted by molar-refractivity contribution is 4.96. The average Bonchev–Trinajstić information content (AvgIpc) is 2.22. The van der Waals surface area contributed by atoms with Crippen molar-refractivity contribution in [2.45, 2.75) is 45.6 Å². The van der Waals surface area contributed by atoms with Crippen molar-refractivity contribution in [1.29, 1.82) is 0 Å². The molecule has 0 aliphatic rings. The molecule has 2 unspecified atom stereocenters. The molecule has 0 fully saturated rings. The number of aliphatic hydroxyl groups is 1. The van der Waals surface area contributed by atoms with E-state index in [1.54, 1.807) is 13.2 Å². The Morgan fingerprint density at radius 3 is 2.57 bits per heavy atom. The standard InChI is InChI=1S/C12H24O2/c1-5-6-9-12(3,14-4)11(2)8-7-10-13/h7-8,11,13H,5-6,9-10H2,1-4H3/b8-7+. The molecule has 2 nitrogen and oxygen atoms in total. The van der Waals surface area contributed by atoms with E-state index < -0.39 is 0 Å². The first-order valence-electron chi connectivity index (χ1n) is 5.43. The molecule has 0 aromatic rings. The topological polar surface area (TPSA) is 29.5 Å². The maximum atomic E-state index is 8.70. The zero-order valence-corrected chi connectivity index (χ0v) is 9.92. The van der Waals surface area contributed by atoms with Gasteiger partial charge in [0.15, 0.2) is 0 Å². The largest absolute Gasteiger partial charge is 0.392 e. The monoisotopic (exact) mass is 200 g/mol. The summed E-state index contributed by atoms with van der Waals surface area (Å²) in [4.78, 5) is 0. The van der Waals surface area contributed by atoms with Gasteiger partial charge in [0.25, 0.3) is 0 Å². The first-order valence-corrected chi connectivity index (χ1v) is 5.43. The fourth-order valence-corrected chi connectivity index (χ4v) is 1.51. The zero-order valence-electron chi connectivity index (χ0n) is 9.92. The third-order valence-corrected chi connectivity index (χ3v) is 2.99. The van der Waals surface area contributed by atoms with Crippen LogP contribution in [0.3, 0.4) is 0 Å². The summed E-state index contributed by atoms with van der Waals surface area (Å²) in [6.07, 6.45) is 7.25. The number of hydrogen-bond acceptors (Lipinski definition) is 2. The van der Waals surface area contributed by atoms with Crippen LogP contribution >= 0.6 is 0 Å². The summed E-state index contributed by atoms with van der Waals surface area (Å²) in [7, 11) is 1.76. The van der Waals surface area contributed by atoms with Crippen LogP contribution in [0.2, 0.25) is 0 Å². The summed E-state index contributed by atoms with van der Waals surface area (Å²) < 4.78 is 5.57. The lowest BCUT2D eigenvalue weighted by Crippen LogP contribution is -2.34. The van der Waals surface area contributed by atoms with Crippen LogP contribution < -0.4 is 0 Å². The number of methoxy groups -OCH3 is 1. The van der Waals surface area contributed by atoms with Gasteiger partial charge in [0.05, 0.1) is 12.2 Å². The molecule has 2 heteroatoms. The molecule has 0 heterocycles. The number of unbranched alkanes of at least 4 members (excludes halogenated alkanes) is 1. The average molecular weight is 200 g/mol. The molecule has 0 spiro atoms. The molecule has 0 rings (SSSR count). The van der Waals surface area contributed by atoms with Crippen LogP contribution in [0.5, 0.6) is 0 Å². The Balaban J connectivity index is 4.26. The summed E-state index contributed by atoms with van der Waals surface area (Å²) in [6.45, 7) is 6.56. The molecule has 0 aliphatic heterocycles. The maximum absolute atomic E-state index is 8.70. The summed E-state index contributed by atoms with van der Waals surface area (Å²) in [5.74, 6) is 0.339. The van der Waals surface area contributed by atoms with Gasteiger partial charge in [-0.25, -0.2) is 0 Å². The van der Waals surface area contributed by atoms with E-state index in [0.717, 1.165) is 6.42 Å². The summed E-state index contributed by atoms with van der Waals surface area (Å²) in [6, 6.07) is 0. The molecule has 1 N–H and O–H groups in total. The minimum Gasteiger partial charge on any atom is -0.392 e. The molecule has 0 saturated heterocycles. The van der Waals surface area contributed by atoms with Crippen molar-refractivity contribution in [3.05, 3.63) is 12.2 Å². The predicted octanol–water partition coefficient (Wildman–Crippen LogP) is 2.77. The minimum atomic E-state index is -0.0956. The normalized spacial score (nSPS) is 18.4. The van der Waals surface area contributed by atoms with Crippen molar-refractivity contribution >= 4 is 0 Å². The molecular formula is C12H24O2. The van der Waals surface area contributed by atoms with Gasteiger partial charge in [-0.1, -0.05) is 38.8 Å². The Morgan fingerprint density at radius 1 is 1.50 bits per heavy atom. The van der Waals surface area contributed by atoms with Gasteiger partial charge in [0.2, 0.25) is 0 Å². The van der Waals surface area contributed by atoms with Crippen LogP contribution in [0.4, 0.5) is 0 Å². The second-order valence-corrected chi connectivity index (χ2v) is 4.02. The lowest BCUT2D eigenvalue weighted by Gasteiger charge is -2.33. The minimum absolute atomic E-state index is 0.0956. The Kier molecular flexibility index (Phi) is 6.85. The highest BCUT2D eigenvalue weighted by Gasteiger charge is 2.28. The number of hydrogen-bond donors (Lipinski definition) is 1. The van der Waals surface area contributed by atoms with Gasteiger partial charge in [-0.15, -0.1) is 0 Å². The third kappa shape index (κ3) is 4.25. The Bertz CT molecular complexity index is 166. The molecular weight excluding hydrogens is 176 g/mol. The molecule has 0 aromatic carbocycles. The van der Waals surface area contributed by atoms with Crippen molar-refractivity contribution in [1.82, 2.24) is 0 Å². The van der Waals surface area contributed by atoms with Crippen LogP contribution in [0.15, 0.2) is 12.2 Å². The fourth-order valence-electron chi connectivity index (χ4n) is 1.51. The molecule has 0 bridgehead atoms. The number of aliphatic hydroxyl groups excluding tert-OH is 1. The third-order valence-electron chi connectivity index (χ3n) is 2.99. The van der Waals surface area contributed by atoms with Crippen molar-refractivity contribution in [2.75, 3.05) is 13.7 Å². The molecule has 0 radical (unpaired) electrons. The van der Waals surface area contributed by atoms with Gasteiger partial charge in [-0.3, -0.25) is 0 Å². The van der Waals surface area contributed by atoms with E-state index in [1.165, 1.54) is 12.8 Å². The van der Waals surface area contributed by atoms with Crippen LogP contribution in [0.1, 0.15) is 40.0 Å². The lowest BCUT2D eigenvalue weighted by atomic mass is 9.85. The fraction of sp³-hybridized carbons (Fsp3) is 0.833. The highest BCUT2D eigenvalue weighted by Crippen LogP contribution is 2.27. The van der Waals surface area contributed by atoms with Gasteiger partial charge >= 0.3 is 0 Å². The number of rotatable bonds is 7. The van der Waals surface area contributed by atoms with E-state index in [0.29, 0.717) is 5.92 Å². The zero-order chi connectivity index (χ0) is 11.0. The van der Waals surface area contributed by atoms with Gasteiger partial charge in [0, 0.05) is 13.0 Å². The SMILES string of the molecule is CCCCC(C)(OC)C(C)/C=C/CO. The Labute approximate surface area is 88.0 Å². The van der Waals surface area contributed by atoms with Gasteiger partial charge in [-0.2, -0.15) is 0 Å². The van der Waals surface area contributed by atoms with Gasteiger partial charge in [0.1, 0.15) is 0 Å². The summed E-state index contributed by atoms with van der Waals surface area (Å²) in [5, 5.41) is 8.70. The second kappa shape index (κ2) is 7.02.